The topological polar surface area (TPSA) is 35.2 Å². The lowest BCUT2D eigenvalue weighted by Crippen LogP contribution is -2.01. The Morgan fingerprint density at radius 3 is 2.69 bits per heavy atom. The maximum absolute atomic E-state index is 13.0. The van der Waals surface area contributed by atoms with Gasteiger partial charge in [-0.05, 0) is 0 Å². The van der Waals surface area contributed by atoms with Crippen LogP contribution in [0, 0.1) is 11.6 Å². The summed E-state index contributed by atoms with van der Waals surface area (Å²) in [5, 5.41) is 0. The van der Waals surface area contributed by atoms with E-state index in [0.717, 1.165) is 12.1 Å². The maximum atomic E-state index is 13.0. The first-order valence-electron chi connectivity index (χ1n) is 3.63. The largest absolute Gasteiger partial charge is 0.484 e. The zero-order chi connectivity index (χ0) is 9.84. The minimum atomic E-state index is -0.806. The van der Waals surface area contributed by atoms with Gasteiger partial charge >= 0.3 is 0 Å². The molecule has 0 aromatic heterocycles. The third-order valence-electron chi connectivity index (χ3n) is 1.38. The molecule has 1 aromatic rings. The predicted octanol–water partition coefficient (Wildman–Crippen LogP) is 2.11. The molecule has 1 aromatic carbocycles. The van der Waals surface area contributed by atoms with E-state index < -0.39 is 11.6 Å². The maximum Gasteiger partial charge on any atom is 0.178 e. The lowest BCUT2D eigenvalue weighted by molar-refractivity contribution is 0.342. The smallest absolute Gasteiger partial charge is 0.178 e. The number of nitrogen functional groups attached to an aromatic ring is 1. The van der Waals surface area contributed by atoms with Crippen molar-refractivity contribution >= 4 is 5.69 Å². The van der Waals surface area contributed by atoms with Crippen LogP contribution in [0.2, 0.25) is 0 Å². The van der Waals surface area contributed by atoms with Crippen molar-refractivity contribution in [1.82, 2.24) is 0 Å². The molecule has 2 N–H and O–H groups in total. The molecule has 0 saturated heterocycles. The van der Waals surface area contributed by atoms with Crippen LogP contribution in [0.5, 0.6) is 5.75 Å². The predicted molar refractivity (Wildman–Crippen MR) is 46.5 cm³/mol. The fraction of sp³-hybridized carbons (Fsp3) is 0.111. The van der Waals surface area contributed by atoms with Gasteiger partial charge in [-0.2, -0.15) is 0 Å². The van der Waals surface area contributed by atoms with E-state index in [4.69, 9.17) is 10.5 Å². The molecule has 0 bridgehead atoms. The zero-order valence-corrected chi connectivity index (χ0v) is 6.89. The molecule has 1 rings (SSSR count). The second-order valence-corrected chi connectivity index (χ2v) is 2.41. The highest BCUT2D eigenvalue weighted by atomic mass is 19.1. The van der Waals surface area contributed by atoms with Crippen LogP contribution in [0.1, 0.15) is 0 Å². The van der Waals surface area contributed by atoms with Gasteiger partial charge in [-0.25, -0.2) is 8.78 Å². The lowest BCUT2D eigenvalue weighted by atomic mass is 10.3. The fourth-order valence-corrected chi connectivity index (χ4v) is 0.875. The first-order chi connectivity index (χ1) is 6.15. The van der Waals surface area contributed by atoms with Crippen molar-refractivity contribution in [3.8, 4) is 5.75 Å². The van der Waals surface area contributed by atoms with Crippen LogP contribution in [0.3, 0.4) is 0 Å². The summed E-state index contributed by atoms with van der Waals surface area (Å²) < 4.78 is 30.4. The molecule has 0 aliphatic rings. The molecule has 2 nitrogen and oxygen atoms in total. The number of hydrogen-bond donors (Lipinski definition) is 1. The monoisotopic (exact) mass is 185 g/mol. The van der Waals surface area contributed by atoms with Gasteiger partial charge in [-0.15, -0.1) is 0 Å². The van der Waals surface area contributed by atoms with E-state index in [1.165, 1.54) is 6.08 Å². The first-order valence-corrected chi connectivity index (χ1v) is 3.63. The first kappa shape index (κ1) is 9.51. The molecule has 70 valence electrons. The summed E-state index contributed by atoms with van der Waals surface area (Å²) in [5.74, 6) is -1.67. The van der Waals surface area contributed by atoms with Crippen molar-refractivity contribution in [1.29, 1.82) is 0 Å². The summed E-state index contributed by atoms with van der Waals surface area (Å²) in [7, 11) is 0. The van der Waals surface area contributed by atoms with Gasteiger partial charge in [0.25, 0.3) is 0 Å². The van der Waals surface area contributed by atoms with Gasteiger partial charge < -0.3 is 10.5 Å². The zero-order valence-electron chi connectivity index (χ0n) is 6.89. The number of halogens is 2. The number of nitrogens with two attached hydrogens (primary N) is 1. The molecule has 0 radical (unpaired) electrons. The van der Waals surface area contributed by atoms with Gasteiger partial charge in [0.05, 0.1) is 5.69 Å². The van der Waals surface area contributed by atoms with Crippen LogP contribution in [0.25, 0.3) is 0 Å². The third-order valence-corrected chi connectivity index (χ3v) is 1.38. The molecule has 0 aliphatic carbocycles. The van der Waals surface area contributed by atoms with Crippen LogP contribution in [-0.2, 0) is 0 Å². The van der Waals surface area contributed by atoms with E-state index >= 15 is 0 Å². The molecule has 0 fully saturated rings. The minimum Gasteiger partial charge on any atom is -0.484 e. The Hall–Kier alpha value is -1.58. The van der Waals surface area contributed by atoms with Crippen molar-refractivity contribution in [3.63, 3.8) is 0 Å². The number of benzene rings is 1. The Morgan fingerprint density at radius 2 is 2.15 bits per heavy atom. The van der Waals surface area contributed by atoms with Gasteiger partial charge in [0, 0.05) is 12.1 Å². The van der Waals surface area contributed by atoms with Crippen molar-refractivity contribution < 1.29 is 13.5 Å². The van der Waals surface area contributed by atoms with Crippen molar-refractivity contribution in [2.45, 2.75) is 0 Å². The summed E-state index contributed by atoms with van der Waals surface area (Å²) in [6, 6.07) is 1.72. The van der Waals surface area contributed by atoms with Crippen molar-refractivity contribution in [3.05, 3.63) is 36.4 Å². The Bertz CT molecular complexity index is 302. The van der Waals surface area contributed by atoms with E-state index in [2.05, 4.69) is 6.58 Å². The molecule has 0 heterocycles. The SMILES string of the molecule is C=CCOc1c(N)cc(F)cc1F. The Kier molecular flexibility index (Phi) is 2.84. The average Bonchev–Trinajstić information content (AvgIpc) is 2.02. The van der Waals surface area contributed by atoms with Crippen LogP contribution < -0.4 is 10.5 Å². The van der Waals surface area contributed by atoms with Gasteiger partial charge in [0.15, 0.2) is 11.6 Å². The number of hydrogen-bond acceptors (Lipinski definition) is 2. The second-order valence-electron chi connectivity index (χ2n) is 2.41. The quantitative estimate of drug-likeness (QED) is 0.578. The molecule has 0 unspecified atom stereocenters. The number of rotatable bonds is 3. The standard InChI is InChI=1S/C9H9F2NO/c1-2-3-13-9-7(11)4-6(10)5-8(9)12/h2,4-5H,1,3,12H2. The third kappa shape index (κ3) is 2.18. The Labute approximate surface area is 74.6 Å². The summed E-state index contributed by atoms with van der Waals surface area (Å²) in [4.78, 5) is 0. The normalized spacial score (nSPS) is 9.69. The van der Waals surface area contributed by atoms with E-state index in [-0.39, 0.29) is 18.0 Å². The van der Waals surface area contributed by atoms with Crippen molar-refractivity contribution in [2.75, 3.05) is 12.3 Å². The average molecular weight is 185 g/mol. The highest BCUT2D eigenvalue weighted by molar-refractivity contribution is 5.53. The van der Waals surface area contributed by atoms with Crippen LogP contribution in [0.15, 0.2) is 24.8 Å². The van der Waals surface area contributed by atoms with Gasteiger partial charge in [0.2, 0.25) is 0 Å². The second kappa shape index (κ2) is 3.89. The molecule has 0 spiro atoms. The van der Waals surface area contributed by atoms with E-state index in [1.807, 2.05) is 0 Å². The summed E-state index contributed by atoms with van der Waals surface area (Å²) >= 11 is 0. The van der Waals surface area contributed by atoms with Gasteiger partial charge in [0.1, 0.15) is 12.4 Å². The molecule has 0 saturated carbocycles. The highest BCUT2D eigenvalue weighted by Crippen LogP contribution is 2.26. The van der Waals surface area contributed by atoms with Crippen LogP contribution >= 0.6 is 0 Å². The van der Waals surface area contributed by atoms with Crippen molar-refractivity contribution in [2.24, 2.45) is 0 Å². The van der Waals surface area contributed by atoms with E-state index in [9.17, 15) is 8.78 Å². The van der Waals surface area contributed by atoms with E-state index in [0.29, 0.717) is 0 Å². The minimum absolute atomic E-state index is 0.0562. The lowest BCUT2D eigenvalue weighted by Gasteiger charge is -2.07. The Morgan fingerprint density at radius 1 is 1.46 bits per heavy atom. The van der Waals surface area contributed by atoms with Crippen LogP contribution in [0.4, 0.5) is 14.5 Å². The highest BCUT2D eigenvalue weighted by Gasteiger charge is 2.09. The summed E-state index contributed by atoms with van der Waals surface area (Å²) in [5.41, 5.74) is 5.27. The Balaban J connectivity index is 2.98. The summed E-state index contributed by atoms with van der Waals surface area (Å²) in [6.07, 6.45) is 1.45. The summed E-state index contributed by atoms with van der Waals surface area (Å²) in [6.45, 7) is 3.52. The van der Waals surface area contributed by atoms with Crippen LogP contribution in [-0.4, -0.2) is 6.61 Å². The van der Waals surface area contributed by atoms with Gasteiger partial charge in [-0.3, -0.25) is 0 Å². The van der Waals surface area contributed by atoms with E-state index in [1.54, 1.807) is 0 Å². The molecule has 0 amide bonds. The molecular weight excluding hydrogens is 176 g/mol. The molecule has 0 aliphatic heterocycles. The van der Waals surface area contributed by atoms with Gasteiger partial charge in [-0.1, -0.05) is 12.7 Å². The number of ether oxygens (including phenoxy) is 1. The fourth-order valence-electron chi connectivity index (χ4n) is 0.875. The molecular formula is C9H9F2NO. The molecule has 4 heteroatoms. The number of anilines is 1. The molecule has 0 atom stereocenters. The molecule has 13 heavy (non-hydrogen) atoms.